The van der Waals surface area contributed by atoms with E-state index in [4.69, 9.17) is 15.6 Å². The number of nitriles is 1. The van der Waals surface area contributed by atoms with E-state index in [1.165, 1.54) is 0 Å². The molecule has 1 aromatic heterocycles. The van der Waals surface area contributed by atoms with Crippen molar-refractivity contribution in [1.82, 2.24) is 25.1 Å². The van der Waals surface area contributed by atoms with Gasteiger partial charge in [0, 0.05) is 50.4 Å². The molecule has 222 valence electrons. The number of likely N-dealkylation sites (tertiary alicyclic amines) is 1. The van der Waals surface area contributed by atoms with Crippen LogP contribution in [0.4, 0.5) is 11.6 Å². The molecule has 2 aromatic rings. The van der Waals surface area contributed by atoms with E-state index in [-0.39, 0.29) is 31.2 Å². The quantitative estimate of drug-likeness (QED) is 0.245. The normalized spacial score (nSPS) is 18.7. The third-order valence-electron chi connectivity index (χ3n) is 7.94. The first-order valence-electron chi connectivity index (χ1n) is 14.3. The Bertz CT molecular complexity index is 1280. The van der Waals surface area contributed by atoms with Gasteiger partial charge in [-0.15, -0.1) is 0 Å². The number of benzene rings is 1. The highest BCUT2D eigenvalue weighted by atomic mass is 16.5. The molecule has 0 spiro atoms. The van der Waals surface area contributed by atoms with Crippen LogP contribution in [0.15, 0.2) is 29.6 Å². The van der Waals surface area contributed by atoms with Gasteiger partial charge in [-0.1, -0.05) is 19.6 Å². The predicted molar refractivity (Wildman–Crippen MR) is 158 cm³/mol. The smallest absolute Gasteiger partial charge is 0.291 e. The van der Waals surface area contributed by atoms with E-state index in [2.05, 4.69) is 44.7 Å². The van der Waals surface area contributed by atoms with Crippen molar-refractivity contribution in [2.75, 3.05) is 69.7 Å². The third kappa shape index (κ3) is 7.37. The van der Waals surface area contributed by atoms with Crippen LogP contribution in [0, 0.1) is 11.3 Å². The molecule has 3 heterocycles. The number of aliphatic hydroxyl groups is 2. The van der Waals surface area contributed by atoms with Crippen LogP contribution >= 0.6 is 0 Å². The van der Waals surface area contributed by atoms with Crippen LogP contribution in [0.5, 0.6) is 5.75 Å². The summed E-state index contributed by atoms with van der Waals surface area (Å²) in [5.74, 6) is 1.19. The molecule has 2 aliphatic rings. The van der Waals surface area contributed by atoms with E-state index in [1.807, 2.05) is 17.0 Å². The number of anilines is 2. The molecule has 0 bridgehead atoms. The largest absolute Gasteiger partial charge is 0.491 e. The average molecular weight is 567 g/mol. The maximum absolute atomic E-state index is 13.0. The standard InChI is InChI=1S/C29H42N8O4/c1-3-23-19-36(28-29(40)33-26(27(31)34-28)20(2)32-8-13-38)11-12-37(23)24-6-9-35(10-7-24)18-22-5-4-21(17-30)16-25(22)41-15-14-39/h4-5,16,23-24,32,38-39H,2-3,6-15,18-19H2,1H3,(H2,31,34)(H,33,40). The summed E-state index contributed by atoms with van der Waals surface area (Å²) in [6, 6.07) is 8.41. The minimum atomic E-state index is -0.303. The van der Waals surface area contributed by atoms with Gasteiger partial charge < -0.3 is 35.9 Å². The number of nitrogens with one attached hydrogen (secondary N) is 2. The number of piperazine rings is 1. The highest BCUT2D eigenvalue weighted by Crippen LogP contribution is 2.28. The predicted octanol–water partition coefficient (Wildman–Crippen LogP) is 0.713. The molecule has 2 fully saturated rings. The molecule has 1 atom stereocenters. The molecule has 12 nitrogen and oxygen atoms in total. The van der Waals surface area contributed by atoms with E-state index < -0.39 is 0 Å². The van der Waals surface area contributed by atoms with Gasteiger partial charge >= 0.3 is 0 Å². The maximum Gasteiger partial charge on any atom is 0.291 e. The van der Waals surface area contributed by atoms with Gasteiger partial charge in [-0.3, -0.25) is 14.6 Å². The second-order valence-electron chi connectivity index (χ2n) is 10.5. The van der Waals surface area contributed by atoms with Gasteiger partial charge in [0.25, 0.3) is 5.56 Å². The number of aromatic amines is 1. The first-order valence-corrected chi connectivity index (χ1v) is 14.3. The fourth-order valence-electron chi connectivity index (χ4n) is 5.79. The van der Waals surface area contributed by atoms with E-state index >= 15 is 0 Å². The summed E-state index contributed by atoms with van der Waals surface area (Å²) in [5, 5.41) is 30.4. The summed E-state index contributed by atoms with van der Waals surface area (Å²) in [6.07, 6.45) is 3.05. The monoisotopic (exact) mass is 566 g/mol. The van der Waals surface area contributed by atoms with Crippen LogP contribution in [0.25, 0.3) is 5.70 Å². The van der Waals surface area contributed by atoms with Crippen molar-refractivity contribution in [2.45, 2.75) is 44.8 Å². The van der Waals surface area contributed by atoms with Gasteiger partial charge in [0.2, 0.25) is 0 Å². The third-order valence-corrected chi connectivity index (χ3v) is 7.94. The van der Waals surface area contributed by atoms with Crippen molar-refractivity contribution in [2.24, 2.45) is 0 Å². The molecule has 41 heavy (non-hydrogen) atoms. The van der Waals surface area contributed by atoms with E-state index in [9.17, 15) is 15.2 Å². The molecule has 12 heteroatoms. The number of nitrogens with zero attached hydrogens (tertiary/aromatic N) is 5. The molecule has 0 saturated carbocycles. The SMILES string of the molecule is C=C(NCCO)c1[nH]c(=O)c(N2CCN(C3CCN(Cc4ccc(C#N)cc4OCCO)CC3)C(CC)C2)nc1N. The first-order chi connectivity index (χ1) is 19.9. The second kappa shape index (κ2) is 14.3. The fourth-order valence-corrected chi connectivity index (χ4v) is 5.79. The molecule has 6 N–H and O–H groups in total. The number of ether oxygens (including phenoxy) is 1. The molecule has 2 saturated heterocycles. The van der Waals surface area contributed by atoms with Gasteiger partial charge in [-0.05, 0) is 44.5 Å². The molecular weight excluding hydrogens is 524 g/mol. The number of hydrogen-bond donors (Lipinski definition) is 5. The Morgan fingerprint density at radius 1 is 1.27 bits per heavy atom. The van der Waals surface area contributed by atoms with E-state index in [0.717, 1.165) is 51.0 Å². The van der Waals surface area contributed by atoms with Crippen molar-refractivity contribution in [3.63, 3.8) is 0 Å². The van der Waals surface area contributed by atoms with Gasteiger partial charge in [0.05, 0.1) is 30.5 Å². The maximum atomic E-state index is 13.0. The van der Waals surface area contributed by atoms with Crippen LogP contribution < -0.4 is 26.2 Å². The van der Waals surface area contributed by atoms with Crippen molar-refractivity contribution in [3.05, 3.63) is 52.0 Å². The first kappa shape index (κ1) is 30.3. The Morgan fingerprint density at radius 2 is 2.05 bits per heavy atom. The summed E-state index contributed by atoms with van der Waals surface area (Å²) in [5.41, 5.74) is 8.20. The Labute approximate surface area is 241 Å². The fraction of sp³-hybridized carbons (Fsp3) is 0.552. The number of H-pyrrole nitrogens is 1. The lowest BCUT2D eigenvalue weighted by molar-refractivity contribution is 0.0607. The minimum absolute atomic E-state index is 0.0607. The number of hydrogen-bond acceptors (Lipinski definition) is 11. The summed E-state index contributed by atoms with van der Waals surface area (Å²) >= 11 is 0. The molecular formula is C29H42N8O4. The van der Waals surface area contributed by atoms with Gasteiger partial charge in [-0.2, -0.15) is 5.26 Å². The molecule has 1 unspecified atom stereocenters. The lowest BCUT2D eigenvalue weighted by atomic mass is 9.97. The lowest BCUT2D eigenvalue weighted by Gasteiger charge is -2.47. The van der Waals surface area contributed by atoms with Crippen LogP contribution in [0.1, 0.15) is 43.0 Å². The number of nitrogen functional groups attached to an aromatic ring is 1. The van der Waals surface area contributed by atoms with Crippen LogP contribution in [-0.4, -0.2) is 101 Å². The number of aromatic nitrogens is 2. The Kier molecular flexibility index (Phi) is 10.6. The molecule has 1 aromatic carbocycles. The minimum Gasteiger partial charge on any atom is -0.491 e. The van der Waals surface area contributed by atoms with Crippen molar-refractivity contribution < 1.29 is 14.9 Å². The number of aliphatic hydroxyl groups excluding tert-OH is 2. The summed E-state index contributed by atoms with van der Waals surface area (Å²) in [6.45, 7) is 11.3. The van der Waals surface area contributed by atoms with Gasteiger partial charge in [0.15, 0.2) is 11.6 Å². The number of nitrogens with two attached hydrogens (primary N) is 1. The Balaban J connectivity index is 1.36. The van der Waals surface area contributed by atoms with E-state index in [1.54, 1.807) is 6.07 Å². The lowest BCUT2D eigenvalue weighted by Crippen LogP contribution is -2.59. The zero-order chi connectivity index (χ0) is 29.4. The Hall–Kier alpha value is -3.63. The van der Waals surface area contributed by atoms with E-state index in [0.29, 0.717) is 60.2 Å². The summed E-state index contributed by atoms with van der Waals surface area (Å²) in [7, 11) is 0. The number of piperidine rings is 1. The van der Waals surface area contributed by atoms with Crippen molar-refractivity contribution in [3.8, 4) is 11.8 Å². The molecule has 0 amide bonds. The topological polar surface area (TPSA) is 167 Å². The van der Waals surface area contributed by atoms with Crippen LogP contribution in [0.3, 0.4) is 0 Å². The highest BCUT2D eigenvalue weighted by molar-refractivity contribution is 5.68. The molecule has 0 aliphatic carbocycles. The van der Waals surface area contributed by atoms with Gasteiger partial charge in [-0.25, -0.2) is 4.98 Å². The van der Waals surface area contributed by atoms with Crippen LogP contribution in [0.2, 0.25) is 0 Å². The molecule has 2 aliphatic heterocycles. The zero-order valence-electron chi connectivity index (χ0n) is 23.8. The Morgan fingerprint density at radius 3 is 2.73 bits per heavy atom. The molecule has 4 rings (SSSR count). The average Bonchev–Trinajstić information content (AvgIpc) is 3.00. The summed E-state index contributed by atoms with van der Waals surface area (Å²) in [4.78, 5) is 27.3. The summed E-state index contributed by atoms with van der Waals surface area (Å²) < 4.78 is 5.72. The highest BCUT2D eigenvalue weighted by Gasteiger charge is 2.34. The zero-order valence-corrected chi connectivity index (χ0v) is 23.8. The van der Waals surface area contributed by atoms with Crippen LogP contribution in [-0.2, 0) is 6.54 Å². The van der Waals surface area contributed by atoms with Gasteiger partial charge in [0.1, 0.15) is 18.1 Å². The van der Waals surface area contributed by atoms with Crippen molar-refractivity contribution in [1.29, 1.82) is 5.26 Å². The number of rotatable bonds is 12. The second-order valence-corrected chi connectivity index (χ2v) is 10.5. The van der Waals surface area contributed by atoms with Crippen molar-refractivity contribution >= 4 is 17.3 Å². The molecule has 0 radical (unpaired) electrons.